The number of ether oxygens (including phenoxy) is 1. The molecule has 1 aliphatic carbocycles. The molecule has 122 valence electrons. The first-order valence-corrected chi connectivity index (χ1v) is 7.88. The van der Waals surface area contributed by atoms with Gasteiger partial charge >= 0.3 is 0 Å². The van der Waals surface area contributed by atoms with Crippen LogP contribution in [0.2, 0.25) is 0 Å². The first kappa shape index (κ1) is 15.5. The van der Waals surface area contributed by atoms with Gasteiger partial charge in [-0.15, -0.1) is 0 Å². The number of nitrogens with one attached hydrogen (secondary N) is 1. The van der Waals surface area contributed by atoms with Gasteiger partial charge in [0.15, 0.2) is 18.2 Å². The normalized spacial score (nSPS) is 20.9. The van der Waals surface area contributed by atoms with Crippen molar-refractivity contribution < 1.29 is 13.9 Å². The Morgan fingerprint density at radius 2 is 2.04 bits per heavy atom. The van der Waals surface area contributed by atoms with Crippen LogP contribution >= 0.6 is 0 Å². The van der Waals surface area contributed by atoms with Crippen molar-refractivity contribution in [1.82, 2.24) is 15.1 Å². The molecule has 0 aliphatic heterocycles. The average Bonchev–Trinajstić information content (AvgIpc) is 3.09. The van der Waals surface area contributed by atoms with Crippen molar-refractivity contribution in [3.05, 3.63) is 48.5 Å². The van der Waals surface area contributed by atoms with Crippen LogP contribution in [0.15, 0.2) is 42.7 Å². The molecule has 1 aromatic carbocycles. The lowest BCUT2D eigenvalue weighted by Crippen LogP contribution is -2.40. The summed E-state index contributed by atoms with van der Waals surface area (Å²) in [6.45, 7) is -0.167. The third kappa shape index (κ3) is 4.09. The van der Waals surface area contributed by atoms with Gasteiger partial charge in [-0.2, -0.15) is 5.10 Å². The molecule has 0 atom stereocenters. The quantitative estimate of drug-likeness (QED) is 0.922. The van der Waals surface area contributed by atoms with Crippen LogP contribution in [0.5, 0.6) is 5.75 Å². The largest absolute Gasteiger partial charge is 0.481 e. The highest BCUT2D eigenvalue weighted by atomic mass is 19.1. The fraction of sp³-hybridized carbons (Fsp3) is 0.412. The summed E-state index contributed by atoms with van der Waals surface area (Å²) in [5.74, 6) is -0.569. The molecule has 0 bridgehead atoms. The van der Waals surface area contributed by atoms with Gasteiger partial charge in [-0.1, -0.05) is 12.1 Å². The van der Waals surface area contributed by atoms with Gasteiger partial charge in [-0.3, -0.25) is 9.48 Å². The van der Waals surface area contributed by atoms with E-state index in [1.54, 1.807) is 18.3 Å². The summed E-state index contributed by atoms with van der Waals surface area (Å²) >= 11 is 0. The van der Waals surface area contributed by atoms with E-state index in [0.717, 1.165) is 25.7 Å². The summed E-state index contributed by atoms with van der Waals surface area (Å²) in [7, 11) is 0. The number of aromatic nitrogens is 2. The van der Waals surface area contributed by atoms with Crippen LogP contribution in [0.1, 0.15) is 31.7 Å². The summed E-state index contributed by atoms with van der Waals surface area (Å²) < 4.78 is 20.6. The number of hydrogen-bond acceptors (Lipinski definition) is 3. The van der Waals surface area contributed by atoms with Crippen molar-refractivity contribution in [2.45, 2.75) is 37.8 Å². The van der Waals surface area contributed by atoms with E-state index in [0.29, 0.717) is 6.04 Å². The van der Waals surface area contributed by atoms with E-state index in [4.69, 9.17) is 4.74 Å². The molecule has 6 heteroatoms. The molecule has 0 saturated heterocycles. The van der Waals surface area contributed by atoms with Gasteiger partial charge in [0.25, 0.3) is 5.91 Å². The van der Waals surface area contributed by atoms with Crippen LogP contribution in [0.4, 0.5) is 4.39 Å². The van der Waals surface area contributed by atoms with E-state index in [1.165, 1.54) is 12.1 Å². The van der Waals surface area contributed by atoms with E-state index in [2.05, 4.69) is 10.4 Å². The van der Waals surface area contributed by atoms with Crippen LogP contribution in [0.3, 0.4) is 0 Å². The summed E-state index contributed by atoms with van der Waals surface area (Å²) in [5.41, 5.74) is 0. The maximum absolute atomic E-state index is 13.4. The molecule has 1 fully saturated rings. The molecule has 1 saturated carbocycles. The van der Waals surface area contributed by atoms with Gasteiger partial charge in [0, 0.05) is 18.4 Å². The van der Waals surface area contributed by atoms with Crippen molar-refractivity contribution in [2.24, 2.45) is 0 Å². The van der Waals surface area contributed by atoms with Gasteiger partial charge in [0.2, 0.25) is 0 Å². The molecule has 1 amide bonds. The number of nitrogens with zero attached hydrogens (tertiary/aromatic N) is 2. The Morgan fingerprint density at radius 3 is 2.74 bits per heavy atom. The minimum Gasteiger partial charge on any atom is -0.481 e. The van der Waals surface area contributed by atoms with Crippen LogP contribution in [-0.2, 0) is 4.79 Å². The third-order valence-electron chi connectivity index (χ3n) is 4.16. The van der Waals surface area contributed by atoms with Gasteiger partial charge in [0.05, 0.1) is 6.04 Å². The van der Waals surface area contributed by atoms with E-state index in [-0.39, 0.29) is 24.3 Å². The van der Waals surface area contributed by atoms with E-state index in [1.807, 2.05) is 16.9 Å². The third-order valence-corrected chi connectivity index (χ3v) is 4.16. The van der Waals surface area contributed by atoms with Crippen molar-refractivity contribution >= 4 is 5.91 Å². The Bertz CT molecular complexity index is 637. The Balaban J connectivity index is 1.42. The molecule has 3 rings (SSSR count). The number of carbonyl (C=O) groups is 1. The fourth-order valence-corrected chi connectivity index (χ4v) is 2.96. The molecule has 2 aromatic rings. The Kier molecular flexibility index (Phi) is 4.90. The molecular formula is C17H20FN3O2. The smallest absolute Gasteiger partial charge is 0.258 e. The van der Waals surface area contributed by atoms with Crippen LogP contribution in [0.25, 0.3) is 0 Å². The Labute approximate surface area is 134 Å². The number of hydrogen-bond donors (Lipinski definition) is 1. The standard InChI is InChI=1S/C17H20FN3O2/c18-15-4-1-2-5-16(15)23-12-17(22)20-13-6-8-14(9-7-13)21-11-3-10-19-21/h1-5,10-11,13-14H,6-9,12H2,(H,20,22). The number of amides is 1. The molecule has 1 N–H and O–H groups in total. The van der Waals surface area contributed by atoms with E-state index in [9.17, 15) is 9.18 Å². The number of para-hydroxylation sites is 1. The number of benzene rings is 1. The predicted octanol–water partition coefficient (Wildman–Crippen LogP) is 2.70. The zero-order chi connectivity index (χ0) is 16.1. The zero-order valence-corrected chi connectivity index (χ0v) is 12.8. The van der Waals surface area contributed by atoms with Crippen molar-refractivity contribution in [2.75, 3.05) is 6.61 Å². The van der Waals surface area contributed by atoms with Gasteiger partial charge in [0.1, 0.15) is 0 Å². The molecule has 0 unspecified atom stereocenters. The summed E-state index contributed by atoms with van der Waals surface area (Å²) in [5, 5.41) is 7.23. The lowest BCUT2D eigenvalue weighted by molar-refractivity contribution is -0.124. The Morgan fingerprint density at radius 1 is 1.26 bits per heavy atom. The predicted molar refractivity (Wildman–Crippen MR) is 83.6 cm³/mol. The molecule has 1 heterocycles. The topological polar surface area (TPSA) is 56.1 Å². The minimum atomic E-state index is -0.458. The highest BCUT2D eigenvalue weighted by Crippen LogP contribution is 2.27. The average molecular weight is 317 g/mol. The van der Waals surface area contributed by atoms with Gasteiger partial charge in [-0.25, -0.2) is 4.39 Å². The van der Waals surface area contributed by atoms with Crippen LogP contribution in [0, 0.1) is 5.82 Å². The molecular weight excluding hydrogens is 297 g/mol. The van der Waals surface area contributed by atoms with Crippen LogP contribution in [-0.4, -0.2) is 28.3 Å². The SMILES string of the molecule is O=C(COc1ccccc1F)NC1CCC(n2cccn2)CC1. The molecule has 5 nitrogen and oxygen atoms in total. The van der Waals surface area contributed by atoms with Crippen LogP contribution < -0.4 is 10.1 Å². The first-order valence-electron chi connectivity index (χ1n) is 7.88. The second-order valence-electron chi connectivity index (χ2n) is 5.78. The van der Waals surface area contributed by atoms with Crippen molar-refractivity contribution in [3.63, 3.8) is 0 Å². The van der Waals surface area contributed by atoms with E-state index >= 15 is 0 Å². The highest BCUT2D eigenvalue weighted by Gasteiger charge is 2.23. The fourth-order valence-electron chi connectivity index (χ4n) is 2.96. The van der Waals surface area contributed by atoms with Crippen molar-refractivity contribution in [1.29, 1.82) is 0 Å². The number of halogens is 1. The zero-order valence-electron chi connectivity index (χ0n) is 12.8. The molecule has 0 radical (unpaired) electrons. The molecule has 23 heavy (non-hydrogen) atoms. The second kappa shape index (κ2) is 7.26. The summed E-state index contributed by atoms with van der Waals surface area (Å²) in [6.07, 6.45) is 7.56. The molecule has 0 spiro atoms. The molecule has 1 aromatic heterocycles. The molecule has 1 aliphatic rings. The lowest BCUT2D eigenvalue weighted by atomic mass is 9.91. The highest BCUT2D eigenvalue weighted by molar-refractivity contribution is 5.77. The van der Waals surface area contributed by atoms with Gasteiger partial charge < -0.3 is 10.1 Å². The lowest BCUT2D eigenvalue weighted by Gasteiger charge is -2.29. The minimum absolute atomic E-state index is 0.102. The number of carbonyl (C=O) groups excluding carboxylic acids is 1. The summed E-state index contributed by atoms with van der Waals surface area (Å²) in [6, 6.07) is 8.56. The van der Waals surface area contributed by atoms with Gasteiger partial charge in [-0.05, 0) is 43.9 Å². The van der Waals surface area contributed by atoms with E-state index < -0.39 is 5.82 Å². The first-order chi connectivity index (χ1) is 11.2. The number of rotatable bonds is 5. The Hall–Kier alpha value is -2.37. The monoisotopic (exact) mass is 317 g/mol. The second-order valence-corrected chi connectivity index (χ2v) is 5.78. The van der Waals surface area contributed by atoms with Crippen molar-refractivity contribution in [3.8, 4) is 5.75 Å². The summed E-state index contributed by atoms with van der Waals surface area (Å²) in [4.78, 5) is 11.9. The maximum atomic E-state index is 13.4. The maximum Gasteiger partial charge on any atom is 0.258 e.